The quantitative estimate of drug-likeness (QED) is 0.479. The number of carbonyl (C=O) groups excluding carboxylic acids is 1. The molecule has 0 spiro atoms. The minimum Gasteiger partial charge on any atom is -0.493 e. The number of nitrogens with zero attached hydrogens (tertiary/aromatic N) is 2. The van der Waals surface area contributed by atoms with E-state index in [4.69, 9.17) is 4.74 Å². The van der Waals surface area contributed by atoms with Gasteiger partial charge in [-0.3, -0.25) is 9.69 Å². The molecule has 0 bridgehead atoms. The Hall–Kier alpha value is -2.01. The highest BCUT2D eigenvalue weighted by molar-refractivity contribution is 5.83. The van der Waals surface area contributed by atoms with E-state index in [0.29, 0.717) is 55.9 Å². The molecule has 0 radical (unpaired) electrons. The Morgan fingerprint density at radius 3 is 2.47 bits per heavy atom. The molecule has 0 aromatic rings. The number of halogens is 6. The maximum atomic E-state index is 14.3. The lowest BCUT2D eigenvalue weighted by Gasteiger charge is -2.34. The van der Waals surface area contributed by atoms with E-state index in [0.717, 1.165) is 12.8 Å². The predicted octanol–water partition coefficient (Wildman–Crippen LogP) is 4.46. The number of β-amino-alcohol motifs (C(OH)–C–C–N with tert-alkyl or cyclic N) is 1. The van der Waals surface area contributed by atoms with Crippen molar-refractivity contribution < 1.29 is 41.0 Å². The molecule has 11 heteroatoms. The highest BCUT2D eigenvalue weighted by Gasteiger charge is 2.58. The number of allylic oxidation sites excluding steroid dienone is 3. The van der Waals surface area contributed by atoms with Gasteiger partial charge in [0, 0.05) is 19.2 Å². The zero-order chi connectivity index (χ0) is 26.1. The smallest absolute Gasteiger partial charge is 0.454 e. The molecule has 2 saturated heterocycles. The number of carbonyl (C=O) groups is 1. The summed E-state index contributed by atoms with van der Waals surface area (Å²) >= 11 is 0. The Kier molecular flexibility index (Phi) is 8.09. The monoisotopic (exact) mass is 522 g/mol. The normalized spacial score (nSPS) is 30.1. The number of likely N-dealkylation sites (tertiary alicyclic amines) is 2. The number of hydrogen-bond donors (Lipinski definition) is 1. The zero-order valence-corrected chi connectivity index (χ0v) is 19.9. The minimum absolute atomic E-state index is 0.232. The number of ether oxygens (including phenoxy) is 1. The van der Waals surface area contributed by atoms with Crippen LogP contribution in [0.2, 0.25) is 0 Å². The van der Waals surface area contributed by atoms with Gasteiger partial charge in [-0.15, -0.1) is 0 Å². The third kappa shape index (κ3) is 6.65. The standard InChI is InChI=1S/C25H32F6N2O3/c26-19-11-18(23(35)33-9-5-20(34)14-33)1-2-21(13-19)36-10-6-17-12-22(17)16-3-7-32(8-4-16)15-24(27,28)25(29,30)31/h1-2,11,13,16-18,20,22,34H,3-10,12,14-15H2. The molecule has 202 valence electrons. The van der Waals surface area contributed by atoms with Gasteiger partial charge in [0.1, 0.15) is 11.6 Å². The summed E-state index contributed by atoms with van der Waals surface area (Å²) in [6.45, 7) is 0.226. The first kappa shape index (κ1) is 27.0. The van der Waals surface area contributed by atoms with Crippen LogP contribution >= 0.6 is 0 Å². The van der Waals surface area contributed by atoms with Gasteiger partial charge in [-0.05, 0) is 75.1 Å². The van der Waals surface area contributed by atoms with Crippen LogP contribution in [0.5, 0.6) is 0 Å². The highest BCUT2D eigenvalue weighted by atomic mass is 19.4. The first-order chi connectivity index (χ1) is 16.9. The Bertz CT molecular complexity index is 895. The lowest BCUT2D eigenvalue weighted by Crippen LogP contribution is -2.49. The summed E-state index contributed by atoms with van der Waals surface area (Å²) in [6, 6.07) is 0. The molecule has 4 unspecified atom stereocenters. The van der Waals surface area contributed by atoms with Gasteiger partial charge in [0.15, 0.2) is 0 Å². The average Bonchev–Trinajstić information content (AvgIpc) is 3.48. The van der Waals surface area contributed by atoms with Crippen molar-refractivity contribution in [1.82, 2.24) is 9.80 Å². The zero-order valence-electron chi connectivity index (χ0n) is 19.9. The molecule has 1 saturated carbocycles. The fraction of sp³-hybridized carbons (Fsp3) is 0.720. The number of rotatable bonds is 8. The van der Waals surface area contributed by atoms with Crippen molar-refractivity contribution in [3.63, 3.8) is 0 Å². The van der Waals surface area contributed by atoms with Crippen LogP contribution in [0.25, 0.3) is 0 Å². The van der Waals surface area contributed by atoms with Crippen LogP contribution in [-0.2, 0) is 9.53 Å². The van der Waals surface area contributed by atoms with Crippen LogP contribution in [-0.4, -0.2) is 78.3 Å². The third-order valence-corrected chi connectivity index (χ3v) is 7.66. The van der Waals surface area contributed by atoms with Crippen LogP contribution in [0.4, 0.5) is 26.3 Å². The van der Waals surface area contributed by atoms with Crippen molar-refractivity contribution in [1.29, 1.82) is 0 Å². The van der Waals surface area contributed by atoms with Crippen molar-refractivity contribution in [3.8, 4) is 0 Å². The SMILES string of the molecule is O=C(C1C=CC(OCCC2CC2C2CCN(CC(F)(F)C(F)(F)F)CC2)=CC(F)=C1)N1CCC(O)C1. The molecular formula is C25H32F6N2O3. The lowest BCUT2D eigenvalue weighted by atomic mass is 9.90. The minimum atomic E-state index is -5.53. The molecule has 0 aromatic heterocycles. The van der Waals surface area contributed by atoms with Crippen molar-refractivity contribution in [3.05, 3.63) is 35.9 Å². The van der Waals surface area contributed by atoms with Gasteiger partial charge < -0.3 is 14.7 Å². The van der Waals surface area contributed by atoms with Gasteiger partial charge in [-0.25, -0.2) is 4.39 Å². The van der Waals surface area contributed by atoms with E-state index in [1.807, 2.05) is 0 Å². The summed E-state index contributed by atoms with van der Waals surface area (Å²) in [5, 5.41) is 9.63. The highest BCUT2D eigenvalue weighted by Crippen LogP contribution is 2.50. The molecule has 2 aliphatic carbocycles. The van der Waals surface area contributed by atoms with E-state index in [-0.39, 0.29) is 25.5 Å². The van der Waals surface area contributed by atoms with Crippen molar-refractivity contribution >= 4 is 5.91 Å². The Morgan fingerprint density at radius 2 is 1.83 bits per heavy atom. The Balaban J connectivity index is 1.17. The van der Waals surface area contributed by atoms with Crippen molar-refractivity contribution in [2.24, 2.45) is 23.7 Å². The number of amides is 1. The fourth-order valence-electron chi connectivity index (χ4n) is 5.47. The first-order valence-electron chi connectivity index (χ1n) is 12.5. The summed E-state index contributed by atoms with van der Waals surface area (Å²) < 4.78 is 83.9. The largest absolute Gasteiger partial charge is 0.493 e. The van der Waals surface area contributed by atoms with E-state index in [1.165, 1.54) is 22.0 Å². The number of aliphatic hydroxyl groups is 1. The molecule has 4 atom stereocenters. The maximum absolute atomic E-state index is 14.3. The topological polar surface area (TPSA) is 53.0 Å². The van der Waals surface area contributed by atoms with Crippen molar-refractivity contribution in [2.75, 3.05) is 39.3 Å². The van der Waals surface area contributed by atoms with Crippen LogP contribution in [0, 0.1) is 23.7 Å². The molecule has 3 fully saturated rings. The molecule has 36 heavy (non-hydrogen) atoms. The van der Waals surface area contributed by atoms with Gasteiger partial charge in [-0.1, -0.05) is 6.08 Å². The van der Waals surface area contributed by atoms with Gasteiger partial charge in [0.05, 0.1) is 25.2 Å². The molecule has 1 amide bonds. The summed E-state index contributed by atoms with van der Waals surface area (Å²) in [4.78, 5) is 15.3. The second-order valence-corrected chi connectivity index (χ2v) is 10.3. The van der Waals surface area contributed by atoms with Crippen LogP contribution < -0.4 is 0 Å². The van der Waals surface area contributed by atoms with Gasteiger partial charge in [-0.2, -0.15) is 22.0 Å². The number of hydrogen-bond acceptors (Lipinski definition) is 4. The number of aliphatic hydroxyl groups excluding tert-OH is 1. The molecular weight excluding hydrogens is 490 g/mol. The third-order valence-electron chi connectivity index (χ3n) is 7.66. The van der Waals surface area contributed by atoms with E-state index >= 15 is 0 Å². The summed E-state index contributed by atoms with van der Waals surface area (Å²) in [6.07, 6.45) is 2.97. The summed E-state index contributed by atoms with van der Waals surface area (Å²) in [7, 11) is 0. The van der Waals surface area contributed by atoms with Crippen LogP contribution in [0.15, 0.2) is 35.9 Å². The Morgan fingerprint density at radius 1 is 1.11 bits per heavy atom. The van der Waals surface area contributed by atoms with E-state index in [2.05, 4.69) is 0 Å². The second kappa shape index (κ2) is 10.8. The Labute approximate surface area is 206 Å². The lowest BCUT2D eigenvalue weighted by molar-refractivity contribution is -0.287. The molecule has 4 rings (SSSR count). The van der Waals surface area contributed by atoms with Crippen LogP contribution in [0.3, 0.4) is 0 Å². The molecule has 0 aromatic carbocycles. The molecule has 5 nitrogen and oxygen atoms in total. The summed E-state index contributed by atoms with van der Waals surface area (Å²) in [5.41, 5.74) is 0. The molecule has 4 aliphatic rings. The van der Waals surface area contributed by atoms with Gasteiger partial charge in [0.2, 0.25) is 5.91 Å². The number of piperidine rings is 1. The first-order valence-corrected chi connectivity index (χ1v) is 12.5. The molecule has 2 heterocycles. The van der Waals surface area contributed by atoms with Crippen molar-refractivity contribution in [2.45, 2.75) is 50.3 Å². The maximum Gasteiger partial charge on any atom is 0.454 e. The van der Waals surface area contributed by atoms with Gasteiger partial charge >= 0.3 is 12.1 Å². The second-order valence-electron chi connectivity index (χ2n) is 10.3. The molecule has 1 N–H and O–H groups in total. The number of alkyl halides is 5. The van der Waals surface area contributed by atoms with E-state index in [1.54, 1.807) is 12.2 Å². The van der Waals surface area contributed by atoms with E-state index < -0.39 is 36.5 Å². The fourth-order valence-corrected chi connectivity index (χ4v) is 5.47. The van der Waals surface area contributed by atoms with Crippen LogP contribution in [0.1, 0.15) is 32.1 Å². The average molecular weight is 523 g/mol. The van der Waals surface area contributed by atoms with E-state index in [9.17, 15) is 36.2 Å². The summed E-state index contributed by atoms with van der Waals surface area (Å²) in [5.74, 6) is -4.87. The van der Waals surface area contributed by atoms with Gasteiger partial charge in [0.25, 0.3) is 0 Å². The predicted molar refractivity (Wildman–Crippen MR) is 119 cm³/mol. The molecule has 2 aliphatic heterocycles.